The fraction of sp³-hybridized carbons (Fsp3) is 0.909. The maximum atomic E-state index is 11.5. The van der Waals surface area contributed by atoms with Crippen LogP contribution in [0.5, 0.6) is 0 Å². The summed E-state index contributed by atoms with van der Waals surface area (Å²) < 4.78 is 5.51. The van der Waals surface area contributed by atoms with Crippen LogP contribution < -0.4 is 11.1 Å². The van der Waals surface area contributed by atoms with E-state index in [2.05, 4.69) is 5.32 Å². The quantitative estimate of drug-likeness (QED) is 0.643. The lowest BCUT2D eigenvalue weighted by Gasteiger charge is -2.19. The summed E-state index contributed by atoms with van der Waals surface area (Å²) in [6, 6.07) is 0.137. The Labute approximate surface area is 91.5 Å². The smallest absolute Gasteiger partial charge is 0.220 e. The van der Waals surface area contributed by atoms with Crippen molar-refractivity contribution in [2.45, 2.75) is 51.2 Å². The number of rotatable bonds is 6. The van der Waals surface area contributed by atoms with Gasteiger partial charge in [0.2, 0.25) is 5.91 Å². The van der Waals surface area contributed by atoms with Crippen molar-refractivity contribution >= 4 is 5.91 Å². The Hall–Kier alpha value is -0.610. The minimum absolute atomic E-state index is 0.117. The van der Waals surface area contributed by atoms with E-state index in [1.807, 2.05) is 6.92 Å². The maximum absolute atomic E-state index is 11.5. The van der Waals surface area contributed by atoms with Crippen molar-refractivity contribution in [3.63, 3.8) is 0 Å². The van der Waals surface area contributed by atoms with Crippen molar-refractivity contribution in [1.82, 2.24) is 5.32 Å². The van der Waals surface area contributed by atoms with Gasteiger partial charge in [0, 0.05) is 13.0 Å². The van der Waals surface area contributed by atoms with E-state index in [0.717, 1.165) is 32.3 Å². The highest BCUT2D eigenvalue weighted by atomic mass is 16.5. The van der Waals surface area contributed by atoms with Crippen molar-refractivity contribution in [3.05, 3.63) is 0 Å². The molecule has 1 aliphatic heterocycles. The van der Waals surface area contributed by atoms with Crippen LogP contribution in [0, 0.1) is 0 Å². The first-order valence-electron chi connectivity index (χ1n) is 5.85. The molecule has 0 spiro atoms. The molecule has 0 radical (unpaired) electrons. The zero-order valence-corrected chi connectivity index (χ0v) is 9.50. The van der Waals surface area contributed by atoms with Gasteiger partial charge in [-0.25, -0.2) is 0 Å². The van der Waals surface area contributed by atoms with Gasteiger partial charge in [-0.15, -0.1) is 0 Å². The van der Waals surface area contributed by atoms with Gasteiger partial charge in [0.25, 0.3) is 0 Å². The van der Waals surface area contributed by atoms with Gasteiger partial charge in [0.15, 0.2) is 0 Å². The minimum Gasteiger partial charge on any atom is -0.376 e. The summed E-state index contributed by atoms with van der Waals surface area (Å²) in [4.78, 5) is 11.5. The molecule has 4 heteroatoms. The summed E-state index contributed by atoms with van der Waals surface area (Å²) in [5, 5.41) is 2.98. The Morgan fingerprint density at radius 1 is 1.60 bits per heavy atom. The molecule has 1 rings (SSSR count). The molecule has 0 aromatic rings. The second-order valence-corrected chi connectivity index (χ2v) is 4.15. The van der Waals surface area contributed by atoms with Gasteiger partial charge < -0.3 is 15.8 Å². The molecule has 1 aliphatic rings. The zero-order valence-electron chi connectivity index (χ0n) is 9.50. The van der Waals surface area contributed by atoms with Gasteiger partial charge in [-0.1, -0.05) is 0 Å². The van der Waals surface area contributed by atoms with Crippen LogP contribution in [-0.2, 0) is 9.53 Å². The summed E-state index contributed by atoms with van der Waals surface area (Å²) >= 11 is 0. The minimum atomic E-state index is 0.117. The van der Waals surface area contributed by atoms with E-state index in [0.29, 0.717) is 13.0 Å². The molecule has 88 valence electrons. The number of carbonyl (C=O) groups excluding carboxylic acids is 1. The number of unbranched alkanes of at least 4 members (excludes halogenated alkanes) is 1. The van der Waals surface area contributed by atoms with Crippen LogP contribution in [-0.4, -0.2) is 31.2 Å². The molecule has 4 nitrogen and oxygen atoms in total. The zero-order chi connectivity index (χ0) is 11.1. The molecule has 0 aromatic carbocycles. The van der Waals surface area contributed by atoms with E-state index in [4.69, 9.17) is 10.5 Å². The highest BCUT2D eigenvalue weighted by molar-refractivity contribution is 5.76. The molecule has 15 heavy (non-hydrogen) atoms. The lowest BCUT2D eigenvalue weighted by molar-refractivity contribution is -0.122. The molecule has 1 heterocycles. The van der Waals surface area contributed by atoms with Crippen molar-refractivity contribution < 1.29 is 9.53 Å². The van der Waals surface area contributed by atoms with Crippen LogP contribution in [0.15, 0.2) is 0 Å². The Morgan fingerprint density at radius 3 is 3.00 bits per heavy atom. The predicted molar refractivity (Wildman–Crippen MR) is 59.5 cm³/mol. The van der Waals surface area contributed by atoms with Gasteiger partial charge in [0.05, 0.1) is 12.1 Å². The third kappa shape index (κ3) is 4.62. The number of carbonyl (C=O) groups is 1. The van der Waals surface area contributed by atoms with E-state index < -0.39 is 0 Å². The molecule has 0 aromatic heterocycles. The fourth-order valence-corrected chi connectivity index (χ4v) is 1.85. The number of hydrogen-bond acceptors (Lipinski definition) is 3. The number of amides is 1. The second-order valence-electron chi connectivity index (χ2n) is 4.15. The monoisotopic (exact) mass is 214 g/mol. The number of nitrogens with two attached hydrogens (primary N) is 1. The molecule has 0 aliphatic carbocycles. The SMILES string of the molecule is CC(NC(=O)CCCCN)C1CCCO1. The Balaban J connectivity index is 2.13. The first-order chi connectivity index (χ1) is 7.24. The normalized spacial score (nSPS) is 22.7. The number of nitrogens with one attached hydrogen (secondary N) is 1. The van der Waals surface area contributed by atoms with E-state index >= 15 is 0 Å². The number of hydrogen-bond donors (Lipinski definition) is 2. The van der Waals surface area contributed by atoms with Gasteiger partial charge in [-0.2, -0.15) is 0 Å². The van der Waals surface area contributed by atoms with Crippen LogP contribution in [0.1, 0.15) is 39.0 Å². The van der Waals surface area contributed by atoms with Gasteiger partial charge in [-0.3, -0.25) is 4.79 Å². The average molecular weight is 214 g/mol. The molecule has 2 atom stereocenters. The predicted octanol–water partition coefficient (Wildman–Crippen LogP) is 0.799. The Kier molecular flexibility index (Phi) is 5.65. The van der Waals surface area contributed by atoms with Gasteiger partial charge in [0.1, 0.15) is 0 Å². The standard InChI is InChI=1S/C11H22N2O2/c1-9(10-5-4-8-15-10)13-11(14)6-2-3-7-12/h9-10H,2-8,12H2,1H3,(H,13,14). The Bertz CT molecular complexity index is 191. The molecule has 0 saturated carbocycles. The summed E-state index contributed by atoms with van der Waals surface area (Å²) in [7, 11) is 0. The topological polar surface area (TPSA) is 64.4 Å². The first-order valence-corrected chi connectivity index (χ1v) is 5.85. The lowest BCUT2D eigenvalue weighted by atomic mass is 10.1. The van der Waals surface area contributed by atoms with Gasteiger partial charge >= 0.3 is 0 Å². The fourth-order valence-electron chi connectivity index (χ4n) is 1.85. The lowest BCUT2D eigenvalue weighted by Crippen LogP contribution is -2.40. The molecule has 1 saturated heterocycles. The third-order valence-corrected chi connectivity index (χ3v) is 2.77. The summed E-state index contributed by atoms with van der Waals surface area (Å²) in [5.74, 6) is 0.117. The van der Waals surface area contributed by atoms with Crippen LogP contribution >= 0.6 is 0 Å². The van der Waals surface area contributed by atoms with Crippen LogP contribution in [0.4, 0.5) is 0 Å². The van der Waals surface area contributed by atoms with E-state index in [-0.39, 0.29) is 18.1 Å². The van der Waals surface area contributed by atoms with Crippen molar-refractivity contribution in [2.75, 3.05) is 13.2 Å². The maximum Gasteiger partial charge on any atom is 0.220 e. The van der Waals surface area contributed by atoms with Crippen molar-refractivity contribution in [3.8, 4) is 0 Å². The highest BCUT2D eigenvalue weighted by Gasteiger charge is 2.23. The molecular formula is C11H22N2O2. The van der Waals surface area contributed by atoms with E-state index in [1.165, 1.54) is 0 Å². The molecular weight excluding hydrogens is 192 g/mol. The van der Waals surface area contributed by atoms with Crippen molar-refractivity contribution in [1.29, 1.82) is 0 Å². The van der Waals surface area contributed by atoms with Gasteiger partial charge in [-0.05, 0) is 39.2 Å². The largest absolute Gasteiger partial charge is 0.376 e. The van der Waals surface area contributed by atoms with E-state index in [9.17, 15) is 4.79 Å². The summed E-state index contributed by atoms with van der Waals surface area (Å²) in [6.45, 7) is 3.50. The first kappa shape index (κ1) is 12.5. The third-order valence-electron chi connectivity index (χ3n) is 2.77. The molecule has 0 bridgehead atoms. The molecule has 1 amide bonds. The average Bonchev–Trinajstić information content (AvgIpc) is 2.70. The molecule has 2 unspecified atom stereocenters. The molecule has 3 N–H and O–H groups in total. The van der Waals surface area contributed by atoms with E-state index in [1.54, 1.807) is 0 Å². The molecule has 1 fully saturated rings. The van der Waals surface area contributed by atoms with Crippen LogP contribution in [0.3, 0.4) is 0 Å². The van der Waals surface area contributed by atoms with Crippen LogP contribution in [0.25, 0.3) is 0 Å². The van der Waals surface area contributed by atoms with Crippen molar-refractivity contribution in [2.24, 2.45) is 5.73 Å². The second kappa shape index (κ2) is 6.80. The summed E-state index contributed by atoms with van der Waals surface area (Å²) in [5.41, 5.74) is 5.36. The van der Waals surface area contributed by atoms with Crippen LogP contribution in [0.2, 0.25) is 0 Å². The summed E-state index contributed by atoms with van der Waals surface area (Å²) in [6.07, 6.45) is 4.75. The highest BCUT2D eigenvalue weighted by Crippen LogP contribution is 2.15. The Morgan fingerprint density at radius 2 is 2.40 bits per heavy atom. The number of ether oxygens (including phenoxy) is 1.